The Hall–Kier alpha value is -1.80. The van der Waals surface area contributed by atoms with E-state index >= 15 is 0 Å². The van der Waals surface area contributed by atoms with E-state index in [1.807, 2.05) is 52.0 Å². The molecule has 128 valence electrons. The Balaban J connectivity index is 0.00000232. The molecule has 1 aromatic carbocycles. The summed E-state index contributed by atoms with van der Waals surface area (Å²) < 4.78 is 5.74. The Bertz CT molecular complexity index is 474. The number of allylic oxidation sites excluding steroid dienone is 4. The Labute approximate surface area is 142 Å². The predicted octanol–water partition coefficient (Wildman–Crippen LogP) is 5.42. The molecule has 2 nitrogen and oxygen atoms in total. The maximum Gasteiger partial charge on any atom is 0.115 e. The third kappa shape index (κ3) is 10.5. The van der Waals surface area contributed by atoms with E-state index < -0.39 is 0 Å². The van der Waals surface area contributed by atoms with Gasteiger partial charge in [-0.05, 0) is 56.4 Å². The average Bonchev–Trinajstić information content (AvgIpc) is 2.61. The summed E-state index contributed by atoms with van der Waals surface area (Å²) in [4.78, 5) is 0. The lowest BCUT2D eigenvalue weighted by atomic mass is 10.1. The second kappa shape index (κ2) is 13.8. The molecule has 0 heterocycles. The van der Waals surface area contributed by atoms with Crippen LogP contribution in [0.15, 0.2) is 66.5 Å². The second-order valence-electron chi connectivity index (χ2n) is 5.23. The lowest BCUT2D eigenvalue weighted by Gasteiger charge is -2.14. The van der Waals surface area contributed by atoms with E-state index in [2.05, 4.69) is 30.8 Å². The molecule has 0 spiro atoms. The molecular formula is C21H33NO. The van der Waals surface area contributed by atoms with Crippen LogP contribution in [-0.2, 0) is 11.2 Å². The lowest BCUT2D eigenvalue weighted by Crippen LogP contribution is -2.26. The van der Waals surface area contributed by atoms with Gasteiger partial charge in [0.1, 0.15) is 12.4 Å². The Morgan fingerprint density at radius 2 is 1.91 bits per heavy atom. The zero-order valence-electron chi connectivity index (χ0n) is 15.2. The molecule has 2 heteroatoms. The smallest absolute Gasteiger partial charge is 0.115 e. The molecule has 0 amide bonds. The van der Waals surface area contributed by atoms with Crippen LogP contribution >= 0.6 is 0 Å². The molecule has 1 aromatic rings. The molecule has 0 aliphatic rings. The van der Waals surface area contributed by atoms with Crippen LogP contribution in [0.4, 0.5) is 0 Å². The van der Waals surface area contributed by atoms with Crippen LogP contribution in [0.1, 0.15) is 46.1 Å². The van der Waals surface area contributed by atoms with Crippen molar-refractivity contribution in [3.8, 4) is 0 Å². The number of benzene rings is 1. The van der Waals surface area contributed by atoms with Crippen molar-refractivity contribution in [3.05, 3.63) is 72.0 Å². The normalized spacial score (nSPS) is 12.9. The topological polar surface area (TPSA) is 35.2 Å². The third-order valence-electron chi connectivity index (χ3n) is 3.32. The van der Waals surface area contributed by atoms with E-state index in [1.165, 1.54) is 5.56 Å². The summed E-state index contributed by atoms with van der Waals surface area (Å²) in [6.07, 6.45) is 8.86. The monoisotopic (exact) mass is 315 g/mol. The molecule has 0 saturated carbocycles. The second-order valence-corrected chi connectivity index (χ2v) is 5.23. The largest absolute Gasteiger partial charge is 0.492 e. The van der Waals surface area contributed by atoms with Gasteiger partial charge in [0, 0.05) is 6.04 Å². The standard InChI is InChI=1S/C19H27NO.C2H6/c1-4-16(3)14-19(5-2)21-15-18(20)13-9-12-17-10-7-6-8-11-17;1-2/h4-8,10-11,14,18H,1,9,12-13,15,20H2,2-3H3;1-2H3/b16-14-,19-5+;. The average molecular weight is 316 g/mol. The highest BCUT2D eigenvalue weighted by Gasteiger charge is 2.04. The van der Waals surface area contributed by atoms with E-state index in [1.54, 1.807) is 0 Å². The van der Waals surface area contributed by atoms with Crippen LogP contribution in [0.2, 0.25) is 0 Å². The fourth-order valence-corrected chi connectivity index (χ4v) is 1.99. The minimum absolute atomic E-state index is 0.0705. The van der Waals surface area contributed by atoms with Crippen molar-refractivity contribution in [1.29, 1.82) is 0 Å². The van der Waals surface area contributed by atoms with Crippen LogP contribution in [-0.4, -0.2) is 12.6 Å². The van der Waals surface area contributed by atoms with E-state index in [9.17, 15) is 0 Å². The maximum absolute atomic E-state index is 6.11. The van der Waals surface area contributed by atoms with Gasteiger partial charge in [0.25, 0.3) is 0 Å². The van der Waals surface area contributed by atoms with Crippen molar-refractivity contribution in [1.82, 2.24) is 0 Å². The Kier molecular flexibility index (Phi) is 12.8. The summed E-state index contributed by atoms with van der Waals surface area (Å²) in [5, 5.41) is 0. The van der Waals surface area contributed by atoms with Crippen molar-refractivity contribution in [2.24, 2.45) is 5.73 Å². The van der Waals surface area contributed by atoms with Crippen molar-refractivity contribution in [2.75, 3.05) is 6.61 Å². The van der Waals surface area contributed by atoms with Gasteiger partial charge in [-0.2, -0.15) is 0 Å². The summed E-state index contributed by atoms with van der Waals surface area (Å²) in [5.41, 5.74) is 8.56. The predicted molar refractivity (Wildman–Crippen MR) is 102 cm³/mol. The van der Waals surface area contributed by atoms with Gasteiger partial charge in [0.2, 0.25) is 0 Å². The van der Waals surface area contributed by atoms with Gasteiger partial charge in [-0.1, -0.05) is 56.8 Å². The summed E-state index contributed by atoms with van der Waals surface area (Å²) in [7, 11) is 0. The molecule has 1 atom stereocenters. The minimum atomic E-state index is 0.0705. The fourth-order valence-electron chi connectivity index (χ4n) is 1.99. The quantitative estimate of drug-likeness (QED) is 0.488. The first kappa shape index (κ1) is 21.2. The van der Waals surface area contributed by atoms with Crippen molar-refractivity contribution in [3.63, 3.8) is 0 Å². The van der Waals surface area contributed by atoms with Crippen molar-refractivity contribution >= 4 is 0 Å². The molecule has 0 aliphatic heterocycles. The molecule has 1 unspecified atom stereocenters. The van der Waals surface area contributed by atoms with Crippen LogP contribution in [0.5, 0.6) is 0 Å². The van der Waals surface area contributed by atoms with E-state index in [4.69, 9.17) is 10.5 Å². The van der Waals surface area contributed by atoms with E-state index in [-0.39, 0.29) is 6.04 Å². The van der Waals surface area contributed by atoms with Gasteiger partial charge in [0.15, 0.2) is 0 Å². The zero-order chi connectivity index (χ0) is 17.5. The third-order valence-corrected chi connectivity index (χ3v) is 3.32. The molecule has 0 aromatic heterocycles. The highest BCUT2D eigenvalue weighted by molar-refractivity contribution is 5.23. The lowest BCUT2D eigenvalue weighted by molar-refractivity contribution is 0.199. The van der Waals surface area contributed by atoms with Crippen LogP contribution in [0.3, 0.4) is 0 Å². The first-order chi connectivity index (χ1) is 11.2. The summed E-state index contributed by atoms with van der Waals surface area (Å²) in [5.74, 6) is 0.853. The first-order valence-corrected chi connectivity index (χ1v) is 8.55. The number of ether oxygens (including phenoxy) is 1. The van der Waals surface area contributed by atoms with Crippen molar-refractivity contribution in [2.45, 2.75) is 53.0 Å². The number of aryl methyl sites for hydroxylation is 1. The first-order valence-electron chi connectivity index (χ1n) is 8.55. The molecule has 23 heavy (non-hydrogen) atoms. The Morgan fingerprint density at radius 3 is 2.48 bits per heavy atom. The SMILES string of the molecule is C=C/C(C)=C\C(=C/C)OCC(N)CCCc1ccccc1.CC. The maximum atomic E-state index is 6.11. The molecule has 0 bridgehead atoms. The number of hydrogen-bond acceptors (Lipinski definition) is 2. The van der Waals surface area contributed by atoms with E-state index in [0.29, 0.717) is 6.61 Å². The summed E-state index contributed by atoms with van der Waals surface area (Å²) in [6, 6.07) is 10.6. The fraction of sp³-hybridized carbons (Fsp3) is 0.429. The van der Waals surface area contributed by atoms with Gasteiger partial charge in [-0.3, -0.25) is 0 Å². The molecule has 2 N–H and O–H groups in total. The number of rotatable bonds is 9. The summed E-state index contributed by atoms with van der Waals surface area (Å²) in [6.45, 7) is 12.2. The van der Waals surface area contributed by atoms with E-state index in [0.717, 1.165) is 30.6 Å². The van der Waals surface area contributed by atoms with Gasteiger partial charge in [-0.15, -0.1) is 0 Å². The van der Waals surface area contributed by atoms with Gasteiger partial charge >= 0.3 is 0 Å². The molecule has 0 saturated heterocycles. The zero-order valence-corrected chi connectivity index (χ0v) is 15.2. The highest BCUT2D eigenvalue weighted by atomic mass is 16.5. The van der Waals surface area contributed by atoms with Crippen molar-refractivity contribution < 1.29 is 4.74 Å². The molecule has 0 fully saturated rings. The van der Waals surface area contributed by atoms with Crippen LogP contribution < -0.4 is 5.73 Å². The molecule has 1 rings (SSSR count). The number of hydrogen-bond donors (Lipinski definition) is 1. The van der Waals surface area contributed by atoms with Gasteiger partial charge in [0.05, 0.1) is 0 Å². The molecule has 0 aliphatic carbocycles. The van der Waals surface area contributed by atoms with Gasteiger partial charge in [-0.25, -0.2) is 0 Å². The van der Waals surface area contributed by atoms with Crippen LogP contribution in [0, 0.1) is 0 Å². The number of nitrogens with two attached hydrogens (primary N) is 1. The minimum Gasteiger partial charge on any atom is -0.492 e. The Morgan fingerprint density at radius 1 is 1.26 bits per heavy atom. The highest BCUT2D eigenvalue weighted by Crippen LogP contribution is 2.09. The van der Waals surface area contributed by atoms with Gasteiger partial charge < -0.3 is 10.5 Å². The molecule has 0 radical (unpaired) electrons. The van der Waals surface area contributed by atoms with Crippen LogP contribution in [0.25, 0.3) is 0 Å². The summed E-state index contributed by atoms with van der Waals surface area (Å²) >= 11 is 0. The molecular weight excluding hydrogens is 282 g/mol.